The molecule has 172 valence electrons. The van der Waals surface area contributed by atoms with Crippen molar-refractivity contribution in [2.45, 2.75) is 83.5 Å². The Morgan fingerprint density at radius 1 is 0.968 bits per heavy atom. The van der Waals surface area contributed by atoms with Crippen LogP contribution in [-0.2, 0) is 14.4 Å². The van der Waals surface area contributed by atoms with Gasteiger partial charge in [0, 0.05) is 20.0 Å². The monoisotopic (exact) mass is 446 g/mol. The van der Waals surface area contributed by atoms with Gasteiger partial charge in [-0.1, -0.05) is 56.3 Å². The molecule has 31 heavy (non-hydrogen) atoms. The SMILES string of the molecule is CNC(=O)C(=O)NCCCCC=CCCCCCCCCCSC1=CCCC#CC1=O. The van der Waals surface area contributed by atoms with Crippen LogP contribution in [0.1, 0.15) is 83.5 Å². The van der Waals surface area contributed by atoms with Gasteiger partial charge in [0.1, 0.15) is 0 Å². The Labute approximate surface area is 192 Å². The summed E-state index contributed by atoms with van der Waals surface area (Å²) in [6, 6.07) is 0. The number of allylic oxidation sites excluding steroid dienone is 4. The van der Waals surface area contributed by atoms with Crippen LogP contribution in [0.15, 0.2) is 23.1 Å². The molecular formula is C25H38N2O3S. The average molecular weight is 447 g/mol. The van der Waals surface area contributed by atoms with Crippen molar-refractivity contribution in [1.29, 1.82) is 0 Å². The van der Waals surface area contributed by atoms with E-state index in [1.54, 1.807) is 11.8 Å². The number of unbranched alkanes of at least 4 members (excludes halogenated alkanes) is 9. The van der Waals surface area contributed by atoms with Crippen LogP contribution in [-0.4, -0.2) is 36.9 Å². The normalized spacial score (nSPS) is 13.3. The van der Waals surface area contributed by atoms with E-state index in [2.05, 4.69) is 34.6 Å². The van der Waals surface area contributed by atoms with Crippen molar-refractivity contribution in [2.75, 3.05) is 19.3 Å². The van der Waals surface area contributed by atoms with Crippen molar-refractivity contribution in [2.24, 2.45) is 0 Å². The van der Waals surface area contributed by atoms with Gasteiger partial charge in [0.15, 0.2) is 0 Å². The van der Waals surface area contributed by atoms with Crippen LogP contribution in [0.4, 0.5) is 0 Å². The molecule has 0 aromatic rings. The van der Waals surface area contributed by atoms with Gasteiger partial charge in [0.2, 0.25) is 5.78 Å². The zero-order chi connectivity index (χ0) is 22.6. The maximum Gasteiger partial charge on any atom is 0.309 e. The molecule has 1 rings (SSSR count). The van der Waals surface area contributed by atoms with Crippen molar-refractivity contribution in [1.82, 2.24) is 10.6 Å². The Kier molecular flexibility index (Phi) is 16.3. The Balaban J connectivity index is 1.83. The number of Topliss-reactive ketones (excluding diaryl/α,β-unsaturated/α-hetero) is 1. The summed E-state index contributed by atoms with van der Waals surface area (Å²) >= 11 is 1.67. The second-order valence-corrected chi connectivity index (χ2v) is 8.79. The fourth-order valence-electron chi connectivity index (χ4n) is 3.15. The first-order valence-electron chi connectivity index (χ1n) is 11.7. The molecule has 1 aliphatic rings. The fourth-order valence-corrected chi connectivity index (χ4v) is 4.13. The van der Waals surface area contributed by atoms with Gasteiger partial charge in [-0.3, -0.25) is 14.4 Å². The zero-order valence-corrected chi connectivity index (χ0v) is 19.8. The number of amides is 2. The van der Waals surface area contributed by atoms with Gasteiger partial charge in [-0.05, 0) is 56.6 Å². The summed E-state index contributed by atoms with van der Waals surface area (Å²) in [5.74, 6) is 5.47. The second-order valence-electron chi connectivity index (χ2n) is 7.65. The minimum Gasteiger partial charge on any atom is -0.351 e. The smallest absolute Gasteiger partial charge is 0.309 e. The number of hydrogen-bond donors (Lipinski definition) is 2. The molecule has 0 fully saturated rings. The molecule has 0 saturated heterocycles. The highest BCUT2D eigenvalue weighted by Gasteiger charge is 2.09. The molecule has 0 atom stereocenters. The van der Waals surface area contributed by atoms with Gasteiger partial charge in [0.05, 0.1) is 4.91 Å². The lowest BCUT2D eigenvalue weighted by Crippen LogP contribution is -2.38. The van der Waals surface area contributed by atoms with Gasteiger partial charge in [-0.25, -0.2) is 0 Å². The van der Waals surface area contributed by atoms with E-state index in [0.717, 1.165) is 49.2 Å². The topological polar surface area (TPSA) is 75.3 Å². The molecule has 0 bridgehead atoms. The van der Waals surface area contributed by atoms with Gasteiger partial charge < -0.3 is 10.6 Å². The van der Waals surface area contributed by atoms with E-state index in [4.69, 9.17) is 0 Å². The summed E-state index contributed by atoms with van der Waals surface area (Å²) in [7, 11) is 1.45. The number of ketones is 1. The number of carbonyl (C=O) groups is 3. The maximum atomic E-state index is 11.8. The van der Waals surface area contributed by atoms with Crippen molar-refractivity contribution in [3.63, 3.8) is 0 Å². The van der Waals surface area contributed by atoms with Crippen LogP contribution in [0, 0.1) is 11.8 Å². The Morgan fingerprint density at radius 2 is 1.61 bits per heavy atom. The molecule has 0 aromatic carbocycles. The first kappa shape index (κ1) is 27.0. The van der Waals surface area contributed by atoms with Crippen LogP contribution in [0.2, 0.25) is 0 Å². The lowest BCUT2D eigenvalue weighted by atomic mass is 10.1. The van der Waals surface area contributed by atoms with Crippen molar-refractivity contribution < 1.29 is 14.4 Å². The highest BCUT2D eigenvalue weighted by Crippen LogP contribution is 2.21. The second kappa shape index (κ2) is 18.7. The number of nitrogens with one attached hydrogen (secondary N) is 2. The Morgan fingerprint density at radius 3 is 2.32 bits per heavy atom. The lowest BCUT2D eigenvalue weighted by Gasteiger charge is -2.03. The zero-order valence-electron chi connectivity index (χ0n) is 19.0. The van der Waals surface area contributed by atoms with Crippen molar-refractivity contribution in [3.05, 3.63) is 23.1 Å². The number of hydrogen-bond acceptors (Lipinski definition) is 4. The molecule has 0 spiro atoms. The Hall–Kier alpha value is -2.00. The Bertz CT molecular complexity index is 674. The third kappa shape index (κ3) is 14.6. The molecule has 0 aliphatic heterocycles. The maximum absolute atomic E-state index is 11.8. The summed E-state index contributed by atoms with van der Waals surface area (Å²) in [6.07, 6.45) is 21.1. The number of rotatable bonds is 16. The third-order valence-electron chi connectivity index (χ3n) is 4.98. The van der Waals surface area contributed by atoms with E-state index in [9.17, 15) is 14.4 Å². The largest absolute Gasteiger partial charge is 0.351 e. The van der Waals surface area contributed by atoms with E-state index in [1.807, 2.05) is 6.08 Å². The van der Waals surface area contributed by atoms with Crippen LogP contribution in [0.5, 0.6) is 0 Å². The van der Waals surface area contributed by atoms with Crippen molar-refractivity contribution in [3.8, 4) is 11.8 Å². The van der Waals surface area contributed by atoms with Crippen LogP contribution >= 0.6 is 11.8 Å². The van der Waals surface area contributed by atoms with Crippen LogP contribution in [0.25, 0.3) is 0 Å². The van der Waals surface area contributed by atoms with E-state index in [-0.39, 0.29) is 5.78 Å². The number of carbonyl (C=O) groups excluding carboxylic acids is 3. The summed E-state index contributed by atoms with van der Waals surface area (Å²) < 4.78 is 0. The minimum atomic E-state index is -0.588. The number of thioether (sulfide) groups is 1. The first-order valence-corrected chi connectivity index (χ1v) is 12.6. The van der Waals surface area contributed by atoms with Crippen molar-refractivity contribution >= 4 is 29.4 Å². The summed E-state index contributed by atoms with van der Waals surface area (Å²) in [5.41, 5.74) is 0. The predicted octanol–water partition coefficient (Wildman–Crippen LogP) is 4.68. The molecular weight excluding hydrogens is 408 g/mol. The predicted molar refractivity (Wildman–Crippen MR) is 130 cm³/mol. The highest BCUT2D eigenvalue weighted by atomic mass is 32.2. The summed E-state index contributed by atoms with van der Waals surface area (Å²) in [4.78, 5) is 34.9. The van der Waals surface area contributed by atoms with Gasteiger partial charge in [-0.15, -0.1) is 11.8 Å². The summed E-state index contributed by atoms with van der Waals surface area (Å²) in [5, 5.41) is 4.91. The molecule has 0 radical (unpaired) electrons. The van der Waals surface area contributed by atoms with E-state index < -0.39 is 11.8 Å². The molecule has 2 N–H and O–H groups in total. The molecule has 0 unspecified atom stereocenters. The van der Waals surface area contributed by atoms with Gasteiger partial charge in [0.25, 0.3) is 0 Å². The van der Waals surface area contributed by atoms with E-state index >= 15 is 0 Å². The lowest BCUT2D eigenvalue weighted by molar-refractivity contribution is -0.138. The third-order valence-corrected chi connectivity index (χ3v) is 6.14. The van der Waals surface area contributed by atoms with Crippen LogP contribution in [0.3, 0.4) is 0 Å². The van der Waals surface area contributed by atoms with E-state index in [0.29, 0.717) is 6.54 Å². The molecule has 1 aliphatic carbocycles. The molecule has 0 aromatic heterocycles. The van der Waals surface area contributed by atoms with Gasteiger partial charge >= 0.3 is 11.8 Å². The van der Waals surface area contributed by atoms with Gasteiger partial charge in [-0.2, -0.15) is 0 Å². The van der Waals surface area contributed by atoms with Crippen LogP contribution < -0.4 is 10.6 Å². The molecule has 0 heterocycles. The highest BCUT2D eigenvalue weighted by molar-refractivity contribution is 8.04. The summed E-state index contributed by atoms with van der Waals surface area (Å²) in [6.45, 7) is 0.545. The number of likely N-dealkylation sites (N-methyl/N-ethyl adjacent to an activating group) is 1. The average Bonchev–Trinajstić information content (AvgIpc) is 2.99. The molecule has 5 nitrogen and oxygen atoms in total. The first-order chi connectivity index (χ1) is 15.1. The molecule has 0 saturated carbocycles. The molecule has 2 amide bonds. The quantitative estimate of drug-likeness (QED) is 0.119. The fraction of sp³-hybridized carbons (Fsp3) is 0.640. The minimum absolute atomic E-state index is 0.00270. The standard InChI is InChI=1S/C25H38N2O3S/c1-26-24(29)25(30)27-20-16-11-9-7-5-3-2-4-6-8-10-12-17-21-31-23-19-15-13-14-18-22(23)28/h5,7,19H,2-4,6,8-13,15-17,20-21H2,1H3,(H,26,29)(H,27,30). The van der Waals surface area contributed by atoms with E-state index in [1.165, 1.54) is 52.0 Å². The molecule has 6 heteroatoms.